The molecule has 0 radical (unpaired) electrons. The molecule has 27 heavy (non-hydrogen) atoms. The quantitative estimate of drug-likeness (QED) is 0.682. The molecule has 140 valence electrons. The molecule has 2 amide bonds. The standard InChI is InChI=1S/C22H25N3O2/c26-21(24-18-10-3-1-4-11-18)13-5-2-6-14-22(27)25-19-15-17-9-7-8-12-20(17)23-16-19/h1,3-4,7-12,16-17H,2,5-6,13-15H2,(H,24,26)(H,25,27). The van der Waals surface area contributed by atoms with Gasteiger partial charge in [-0.3, -0.25) is 14.6 Å². The Labute approximate surface area is 160 Å². The molecule has 1 atom stereocenters. The minimum atomic E-state index is 0.0151. The summed E-state index contributed by atoms with van der Waals surface area (Å²) in [6, 6.07) is 9.44. The average molecular weight is 363 g/mol. The summed E-state index contributed by atoms with van der Waals surface area (Å²) >= 11 is 0. The van der Waals surface area contributed by atoms with Crippen LogP contribution in [-0.2, 0) is 9.59 Å². The van der Waals surface area contributed by atoms with Crippen molar-refractivity contribution in [2.75, 3.05) is 5.32 Å². The highest BCUT2D eigenvalue weighted by atomic mass is 16.2. The topological polar surface area (TPSA) is 70.6 Å². The van der Waals surface area contributed by atoms with Crippen LogP contribution < -0.4 is 10.6 Å². The van der Waals surface area contributed by atoms with E-state index in [4.69, 9.17) is 0 Å². The molecule has 5 nitrogen and oxygen atoms in total. The van der Waals surface area contributed by atoms with Gasteiger partial charge in [0.05, 0.1) is 0 Å². The first-order chi connectivity index (χ1) is 13.2. The van der Waals surface area contributed by atoms with Crippen molar-refractivity contribution in [2.24, 2.45) is 10.9 Å². The Morgan fingerprint density at radius 1 is 0.963 bits per heavy atom. The van der Waals surface area contributed by atoms with E-state index in [-0.39, 0.29) is 17.7 Å². The van der Waals surface area contributed by atoms with E-state index in [1.165, 1.54) is 0 Å². The molecule has 0 saturated carbocycles. The molecular formula is C22H25N3O2. The number of rotatable bonds is 8. The average Bonchev–Trinajstić information content (AvgIpc) is 2.68. The van der Waals surface area contributed by atoms with Crippen molar-refractivity contribution < 1.29 is 9.59 Å². The second-order valence-corrected chi connectivity index (χ2v) is 6.79. The van der Waals surface area contributed by atoms with Gasteiger partial charge in [-0.2, -0.15) is 0 Å². The number of allylic oxidation sites excluding steroid dienone is 5. The van der Waals surface area contributed by atoms with Gasteiger partial charge >= 0.3 is 0 Å². The van der Waals surface area contributed by atoms with Crippen LogP contribution in [0.15, 0.2) is 71.5 Å². The summed E-state index contributed by atoms with van der Waals surface area (Å²) in [6.45, 7) is 0. The van der Waals surface area contributed by atoms with Crippen LogP contribution >= 0.6 is 0 Å². The Bertz CT molecular complexity index is 791. The zero-order valence-corrected chi connectivity index (χ0v) is 15.4. The Balaban J connectivity index is 1.29. The molecule has 1 aliphatic carbocycles. The Hall–Kier alpha value is -2.95. The SMILES string of the molecule is O=C(CCCCCC(=O)Nc1ccccc1)NC1=CN=C2C=CC=CC2C1. The lowest BCUT2D eigenvalue weighted by Gasteiger charge is -2.21. The first-order valence-electron chi connectivity index (χ1n) is 9.47. The third kappa shape index (κ3) is 6.06. The van der Waals surface area contributed by atoms with Crippen molar-refractivity contribution >= 4 is 23.2 Å². The molecule has 0 saturated heterocycles. The van der Waals surface area contributed by atoms with Crippen LogP contribution in [0.1, 0.15) is 38.5 Å². The van der Waals surface area contributed by atoms with Gasteiger partial charge in [-0.05, 0) is 31.1 Å². The number of hydrogen-bond acceptors (Lipinski definition) is 3. The van der Waals surface area contributed by atoms with E-state index >= 15 is 0 Å². The molecule has 0 spiro atoms. The van der Waals surface area contributed by atoms with Gasteiger partial charge < -0.3 is 10.6 Å². The number of nitrogens with one attached hydrogen (secondary N) is 2. The number of anilines is 1. The molecule has 3 rings (SSSR count). The van der Waals surface area contributed by atoms with Crippen LogP contribution in [0.5, 0.6) is 0 Å². The summed E-state index contributed by atoms with van der Waals surface area (Å²) in [5.41, 5.74) is 2.73. The zero-order valence-electron chi connectivity index (χ0n) is 15.4. The molecule has 2 aliphatic rings. The van der Waals surface area contributed by atoms with Crippen LogP contribution in [0.2, 0.25) is 0 Å². The van der Waals surface area contributed by atoms with Crippen LogP contribution in [0.4, 0.5) is 5.69 Å². The molecule has 1 heterocycles. The van der Waals surface area contributed by atoms with E-state index in [1.54, 1.807) is 6.20 Å². The highest BCUT2D eigenvalue weighted by molar-refractivity contribution is 6.00. The largest absolute Gasteiger partial charge is 0.328 e. The predicted molar refractivity (Wildman–Crippen MR) is 108 cm³/mol. The first kappa shape index (κ1) is 18.8. The van der Waals surface area contributed by atoms with Crippen LogP contribution in [0.25, 0.3) is 0 Å². The van der Waals surface area contributed by atoms with Crippen LogP contribution in [0.3, 0.4) is 0 Å². The number of para-hydroxylation sites is 1. The fourth-order valence-corrected chi connectivity index (χ4v) is 3.15. The second kappa shape index (κ2) is 9.67. The molecule has 0 aromatic heterocycles. The summed E-state index contributed by atoms with van der Waals surface area (Å²) in [7, 11) is 0. The van der Waals surface area contributed by atoms with Crippen molar-refractivity contribution in [3.63, 3.8) is 0 Å². The van der Waals surface area contributed by atoms with Gasteiger partial charge in [0, 0.05) is 48.5 Å². The number of aliphatic imine (C=N–C) groups is 1. The number of amides is 2. The smallest absolute Gasteiger partial charge is 0.224 e. The molecule has 1 unspecified atom stereocenters. The summed E-state index contributed by atoms with van der Waals surface area (Å²) < 4.78 is 0. The number of carbonyl (C=O) groups excluding carboxylic acids is 2. The fourth-order valence-electron chi connectivity index (χ4n) is 3.15. The van der Waals surface area contributed by atoms with Gasteiger partial charge in [0.15, 0.2) is 0 Å². The lowest BCUT2D eigenvalue weighted by atomic mass is 9.92. The van der Waals surface area contributed by atoms with E-state index in [0.29, 0.717) is 12.8 Å². The fraction of sp³-hybridized carbons (Fsp3) is 0.318. The maximum atomic E-state index is 12.1. The predicted octanol–water partition coefficient (Wildman–Crippen LogP) is 4.12. The molecule has 5 heteroatoms. The van der Waals surface area contributed by atoms with E-state index in [9.17, 15) is 9.59 Å². The number of carbonyl (C=O) groups is 2. The Morgan fingerprint density at radius 2 is 1.70 bits per heavy atom. The Kier molecular flexibility index (Phi) is 6.74. The number of fused-ring (bicyclic) bond motifs is 1. The molecular weight excluding hydrogens is 338 g/mol. The van der Waals surface area contributed by atoms with Crippen LogP contribution in [-0.4, -0.2) is 17.5 Å². The molecule has 2 N–H and O–H groups in total. The summed E-state index contributed by atoms with van der Waals surface area (Å²) in [4.78, 5) is 28.4. The monoisotopic (exact) mass is 363 g/mol. The molecule has 1 aromatic rings. The van der Waals surface area contributed by atoms with Crippen molar-refractivity contribution in [1.29, 1.82) is 0 Å². The minimum absolute atomic E-state index is 0.0151. The lowest BCUT2D eigenvalue weighted by Crippen LogP contribution is -2.27. The Morgan fingerprint density at radius 3 is 2.48 bits per heavy atom. The summed E-state index contributed by atoms with van der Waals surface area (Å²) in [5, 5.41) is 5.83. The highest BCUT2D eigenvalue weighted by Crippen LogP contribution is 2.22. The third-order valence-electron chi connectivity index (χ3n) is 4.58. The maximum absolute atomic E-state index is 12.1. The summed E-state index contributed by atoms with van der Waals surface area (Å²) in [6.07, 6.45) is 14.0. The number of benzene rings is 1. The molecule has 1 aromatic carbocycles. The zero-order chi connectivity index (χ0) is 18.9. The van der Waals surface area contributed by atoms with Crippen LogP contribution in [0, 0.1) is 5.92 Å². The van der Waals surface area contributed by atoms with Gasteiger partial charge in [0.1, 0.15) is 0 Å². The van der Waals surface area contributed by atoms with Gasteiger partial charge in [-0.25, -0.2) is 0 Å². The second-order valence-electron chi connectivity index (χ2n) is 6.79. The molecule has 1 aliphatic heterocycles. The number of unbranched alkanes of at least 4 members (excludes halogenated alkanes) is 2. The highest BCUT2D eigenvalue weighted by Gasteiger charge is 2.19. The van der Waals surface area contributed by atoms with Gasteiger partial charge in [-0.1, -0.05) is 42.8 Å². The normalized spacial score (nSPS) is 17.6. The van der Waals surface area contributed by atoms with Crippen molar-refractivity contribution in [1.82, 2.24) is 5.32 Å². The van der Waals surface area contributed by atoms with Crippen molar-refractivity contribution in [3.05, 3.63) is 66.5 Å². The first-order valence-corrected chi connectivity index (χ1v) is 9.47. The van der Waals surface area contributed by atoms with E-state index in [2.05, 4.69) is 21.7 Å². The minimum Gasteiger partial charge on any atom is -0.328 e. The number of hydrogen-bond donors (Lipinski definition) is 2. The van der Waals surface area contributed by atoms with Crippen molar-refractivity contribution in [3.8, 4) is 0 Å². The van der Waals surface area contributed by atoms with E-state index < -0.39 is 0 Å². The van der Waals surface area contributed by atoms with Gasteiger partial charge in [0.25, 0.3) is 0 Å². The number of nitrogens with zero attached hydrogens (tertiary/aromatic N) is 1. The van der Waals surface area contributed by atoms with Gasteiger partial charge in [0.2, 0.25) is 11.8 Å². The lowest BCUT2D eigenvalue weighted by molar-refractivity contribution is -0.120. The molecule has 0 fully saturated rings. The maximum Gasteiger partial charge on any atom is 0.224 e. The van der Waals surface area contributed by atoms with E-state index in [1.807, 2.05) is 48.6 Å². The van der Waals surface area contributed by atoms with Crippen molar-refractivity contribution in [2.45, 2.75) is 38.5 Å². The third-order valence-corrected chi connectivity index (χ3v) is 4.58. The van der Waals surface area contributed by atoms with Gasteiger partial charge in [-0.15, -0.1) is 0 Å². The molecule has 0 bridgehead atoms. The van der Waals surface area contributed by atoms with E-state index in [0.717, 1.165) is 42.8 Å². The summed E-state index contributed by atoms with van der Waals surface area (Å²) in [5.74, 6) is 0.295.